The fourth-order valence-electron chi connectivity index (χ4n) is 4.30. The van der Waals surface area contributed by atoms with Crippen molar-refractivity contribution in [2.45, 2.75) is 31.4 Å². The topological polar surface area (TPSA) is 53.0 Å². The standard InChI is InChI=1S/C22H26N2O3/c1-27-19-9-4-7-17(12-19)21-13-18(25)14-23(21)15-22(26)24-11-5-8-16-6-2-3-10-20(16)24/h2-4,6-7,9-10,12,18,21,25H,5,8,11,13-15H2,1H3. The third-order valence-electron chi connectivity index (χ3n) is 5.61. The van der Waals surface area contributed by atoms with Crippen LogP contribution in [0.3, 0.4) is 0 Å². The third-order valence-corrected chi connectivity index (χ3v) is 5.61. The first-order valence-electron chi connectivity index (χ1n) is 9.60. The van der Waals surface area contributed by atoms with Crippen molar-refractivity contribution in [3.63, 3.8) is 0 Å². The van der Waals surface area contributed by atoms with Crippen molar-refractivity contribution in [1.82, 2.24) is 4.90 Å². The molecule has 2 aromatic carbocycles. The Bertz CT molecular complexity index is 823. The smallest absolute Gasteiger partial charge is 0.241 e. The van der Waals surface area contributed by atoms with Crippen molar-refractivity contribution < 1.29 is 14.6 Å². The molecule has 2 aliphatic heterocycles. The molecule has 0 saturated carbocycles. The summed E-state index contributed by atoms with van der Waals surface area (Å²) in [5, 5.41) is 10.2. The van der Waals surface area contributed by atoms with Crippen molar-refractivity contribution in [1.29, 1.82) is 0 Å². The Morgan fingerprint density at radius 2 is 2.07 bits per heavy atom. The number of nitrogens with zero attached hydrogens (tertiary/aromatic N) is 2. The zero-order valence-electron chi connectivity index (χ0n) is 15.7. The van der Waals surface area contributed by atoms with Gasteiger partial charge in [0.05, 0.1) is 19.8 Å². The predicted molar refractivity (Wildman–Crippen MR) is 105 cm³/mol. The minimum atomic E-state index is -0.414. The summed E-state index contributed by atoms with van der Waals surface area (Å²) in [6.07, 6.45) is 2.24. The number of methoxy groups -OCH3 is 1. The fraction of sp³-hybridized carbons (Fsp3) is 0.409. The van der Waals surface area contributed by atoms with Gasteiger partial charge >= 0.3 is 0 Å². The molecule has 27 heavy (non-hydrogen) atoms. The number of benzene rings is 2. The van der Waals surface area contributed by atoms with Gasteiger partial charge in [0.25, 0.3) is 0 Å². The van der Waals surface area contributed by atoms with Crippen molar-refractivity contribution in [3.8, 4) is 5.75 Å². The van der Waals surface area contributed by atoms with E-state index in [1.54, 1.807) is 7.11 Å². The number of aliphatic hydroxyl groups is 1. The van der Waals surface area contributed by atoms with Crippen LogP contribution in [0.5, 0.6) is 5.75 Å². The van der Waals surface area contributed by atoms with Gasteiger partial charge < -0.3 is 14.7 Å². The largest absolute Gasteiger partial charge is 0.497 e. The number of likely N-dealkylation sites (tertiary alicyclic amines) is 1. The molecule has 1 N–H and O–H groups in total. The molecule has 0 aromatic heterocycles. The number of anilines is 1. The van der Waals surface area contributed by atoms with E-state index >= 15 is 0 Å². The van der Waals surface area contributed by atoms with Crippen LogP contribution in [-0.4, -0.2) is 48.8 Å². The third kappa shape index (κ3) is 3.70. The van der Waals surface area contributed by atoms with E-state index in [4.69, 9.17) is 4.74 Å². The number of carbonyl (C=O) groups is 1. The van der Waals surface area contributed by atoms with Gasteiger partial charge in [0.15, 0.2) is 0 Å². The molecule has 2 aliphatic rings. The van der Waals surface area contributed by atoms with Gasteiger partial charge in [-0.3, -0.25) is 9.69 Å². The van der Waals surface area contributed by atoms with Crippen molar-refractivity contribution in [2.24, 2.45) is 0 Å². The number of aryl methyl sites for hydroxylation is 1. The Kier molecular flexibility index (Phi) is 5.14. The van der Waals surface area contributed by atoms with E-state index in [9.17, 15) is 9.90 Å². The van der Waals surface area contributed by atoms with E-state index in [1.165, 1.54) is 5.56 Å². The highest BCUT2D eigenvalue weighted by atomic mass is 16.5. The first-order valence-corrected chi connectivity index (χ1v) is 9.60. The first kappa shape index (κ1) is 18.0. The average molecular weight is 366 g/mol. The maximum Gasteiger partial charge on any atom is 0.241 e. The molecule has 1 fully saturated rings. The predicted octanol–water partition coefficient (Wildman–Crippen LogP) is 2.78. The monoisotopic (exact) mass is 366 g/mol. The van der Waals surface area contributed by atoms with E-state index in [1.807, 2.05) is 47.4 Å². The lowest BCUT2D eigenvalue weighted by atomic mass is 10.0. The van der Waals surface area contributed by atoms with Crippen molar-refractivity contribution in [3.05, 3.63) is 59.7 Å². The Morgan fingerprint density at radius 1 is 1.22 bits per heavy atom. The molecule has 2 unspecified atom stereocenters. The van der Waals surface area contributed by atoms with Gasteiger partial charge in [-0.2, -0.15) is 0 Å². The van der Waals surface area contributed by atoms with Crippen LogP contribution in [0, 0.1) is 0 Å². The molecule has 5 heteroatoms. The van der Waals surface area contributed by atoms with Crippen molar-refractivity contribution in [2.75, 3.05) is 31.6 Å². The molecule has 2 aromatic rings. The summed E-state index contributed by atoms with van der Waals surface area (Å²) >= 11 is 0. The van der Waals surface area contributed by atoms with Gasteiger partial charge in [0.2, 0.25) is 5.91 Å². The van der Waals surface area contributed by atoms with Crippen LogP contribution in [0.1, 0.15) is 30.0 Å². The number of carbonyl (C=O) groups excluding carboxylic acids is 1. The minimum Gasteiger partial charge on any atom is -0.497 e. The van der Waals surface area contributed by atoms with Crippen LogP contribution in [0.15, 0.2) is 48.5 Å². The van der Waals surface area contributed by atoms with Gasteiger partial charge in [-0.05, 0) is 48.6 Å². The quantitative estimate of drug-likeness (QED) is 0.904. The number of fused-ring (bicyclic) bond motifs is 1. The van der Waals surface area contributed by atoms with E-state index in [-0.39, 0.29) is 11.9 Å². The van der Waals surface area contributed by atoms with Gasteiger partial charge in [-0.25, -0.2) is 0 Å². The molecule has 0 radical (unpaired) electrons. The molecule has 0 spiro atoms. The molecule has 142 valence electrons. The lowest BCUT2D eigenvalue weighted by Crippen LogP contribution is -2.43. The molecule has 4 rings (SSSR count). The van der Waals surface area contributed by atoms with Crippen LogP contribution in [0.4, 0.5) is 5.69 Å². The Morgan fingerprint density at radius 3 is 2.93 bits per heavy atom. The lowest BCUT2D eigenvalue weighted by molar-refractivity contribution is -0.120. The number of hydrogen-bond donors (Lipinski definition) is 1. The summed E-state index contributed by atoms with van der Waals surface area (Å²) in [4.78, 5) is 17.1. The molecule has 0 aliphatic carbocycles. The summed E-state index contributed by atoms with van der Waals surface area (Å²) in [7, 11) is 1.65. The van der Waals surface area contributed by atoms with Crippen LogP contribution < -0.4 is 9.64 Å². The lowest BCUT2D eigenvalue weighted by Gasteiger charge is -2.32. The second-order valence-corrected chi connectivity index (χ2v) is 7.39. The molecular weight excluding hydrogens is 340 g/mol. The molecule has 0 bridgehead atoms. The number of β-amino-alcohol motifs (C(OH)–C–C–N with tert-alkyl or cyclic N) is 1. The maximum atomic E-state index is 13.1. The zero-order chi connectivity index (χ0) is 18.8. The average Bonchev–Trinajstić information content (AvgIpc) is 3.07. The minimum absolute atomic E-state index is 0.0269. The fourth-order valence-corrected chi connectivity index (χ4v) is 4.30. The molecule has 2 atom stereocenters. The summed E-state index contributed by atoms with van der Waals surface area (Å²) in [6, 6.07) is 16.1. The van der Waals surface area contributed by atoms with Crippen LogP contribution in [0.25, 0.3) is 0 Å². The number of amides is 1. The second kappa shape index (κ2) is 7.71. The molecule has 1 amide bonds. The maximum absolute atomic E-state index is 13.1. The van der Waals surface area contributed by atoms with Crippen molar-refractivity contribution >= 4 is 11.6 Å². The van der Waals surface area contributed by atoms with Crippen LogP contribution >= 0.6 is 0 Å². The number of para-hydroxylation sites is 1. The molecular formula is C22H26N2O3. The number of ether oxygens (including phenoxy) is 1. The Balaban J connectivity index is 1.53. The van der Waals surface area contributed by atoms with E-state index in [0.717, 1.165) is 36.4 Å². The van der Waals surface area contributed by atoms with Crippen LogP contribution in [0.2, 0.25) is 0 Å². The Labute approximate surface area is 160 Å². The van der Waals surface area contributed by atoms with E-state index in [0.29, 0.717) is 19.5 Å². The van der Waals surface area contributed by atoms with Gasteiger partial charge in [-0.1, -0.05) is 30.3 Å². The second-order valence-electron chi connectivity index (χ2n) is 7.39. The Hall–Kier alpha value is -2.37. The number of aliphatic hydroxyl groups excluding tert-OH is 1. The highest BCUT2D eigenvalue weighted by Gasteiger charge is 2.35. The van der Waals surface area contributed by atoms with Gasteiger partial charge in [0.1, 0.15) is 5.75 Å². The number of rotatable bonds is 4. The zero-order valence-corrected chi connectivity index (χ0v) is 15.7. The number of hydrogen-bond acceptors (Lipinski definition) is 4. The van der Waals surface area contributed by atoms with Crippen LogP contribution in [-0.2, 0) is 11.2 Å². The van der Waals surface area contributed by atoms with Gasteiger partial charge in [0, 0.05) is 24.8 Å². The highest BCUT2D eigenvalue weighted by Crippen LogP contribution is 2.34. The normalized spacial score (nSPS) is 22.5. The summed E-state index contributed by atoms with van der Waals surface area (Å²) in [5.74, 6) is 0.897. The SMILES string of the molecule is COc1cccc(C2CC(O)CN2CC(=O)N2CCCc3ccccc32)c1. The molecule has 5 nitrogen and oxygen atoms in total. The first-order chi connectivity index (χ1) is 13.2. The summed E-state index contributed by atoms with van der Waals surface area (Å²) in [5.41, 5.74) is 3.35. The summed E-state index contributed by atoms with van der Waals surface area (Å²) < 4.78 is 5.34. The summed E-state index contributed by atoms with van der Waals surface area (Å²) in [6.45, 7) is 1.59. The highest BCUT2D eigenvalue weighted by molar-refractivity contribution is 5.96. The van der Waals surface area contributed by atoms with E-state index < -0.39 is 6.10 Å². The van der Waals surface area contributed by atoms with E-state index in [2.05, 4.69) is 11.0 Å². The van der Waals surface area contributed by atoms with Gasteiger partial charge in [-0.15, -0.1) is 0 Å². The molecule has 2 heterocycles. The molecule has 1 saturated heterocycles.